The molecule has 6 heteroatoms. The molecule has 0 N–H and O–H groups in total. The Balaban J connectivity index is 1.45. The normalized spacial score (nSPS) is 17.4. The predicted octanol–water partition coefficient (Wildman–Crippen LogP) is 6.87. The van der Waals surface area contributed by atoms with E-state index in [4.69, 9.17) is 8.83 Å². The molecule has 0 spiro atoms. The summed E-state index contributed by atoms with van der Waals surface area (Å²) in [5.41, 5.74) is 2.31. The average molecular weight is 365 g/mol. The van der Waals surface area contributed by atoms with Crippen LogP contribution in [-0.2, 0) is 0 Å². The van der Waals surface area contributed by atoms with Gasteiger partial charge >= 0.3 is 0 Å². The summed E-state index contributed by atoms with van der Waals surface area (Å²) >= 11 is 7.28. The molecule has 0 atom stereocenters. The maximum atomic E-state index is 5.49. The van der Waals surface area contributed by atoms with Crippen molar-refractivity contribution in [3.05, 3.63) is 64.3 Å². The Morgan fingerprint density at radius 2 is 1.14 bits per heavy atom. The van der Waals surface area contributed by atoms with Gasteiger partial charge in [-0.15, -0.1) is 0 Å². The molecule has 2 aliphatic heterocycles. The third-order valence-electron chi connectivity index (χ3n) is 2.96. The second-order valence-corrected chi connectivity index (χ2v) is 10.2. The first-order chi connectivity index (χ1) is 10.7. The van der Waals surface area contributed by atoms with Crippen LogP contribution in [0.15, 0.2) is 50.4 Å². The highest BCUT2D eigenvalue weighted by molar-refractivity contribution is 8.48. The highest BCUT2D eigenvalue weighted by Crippen LogP contribution is 2.67. The van der Waals surface area contributed by atoms with Crippen molar-refractivity contribution in [1.82, 2.24) is 0 Å². The highest BCUT2D eigenvalue weighted by Gasteiger charge is 2.30. The van der Waals surface area contributed by atoms with Crippen LogP contribution in [0.25, 0.3) is 12.2 Å². The van der Waals surface area contributed by atoms with E-state index in [1.54, 1.807) is 12.5 Å². The van der Waals surface area contributed by atoms with Crippen LogP contribution in [0.5, 0.6) is 0 Å². The molecular weight excluding hydrogens is 352 g/mol. The molecular formula is C16H12O2S4. The van der Waals surface area contributed by atoms with Crippen LogP contribution in [0.2, 0.25) is 0 Å². The summed E-state index contributed by atoms with van der Waals surface area (Å²) in [5.74, 6) is 1.84. The van der Waals surface area contributed by atoms with E-state index in [0.717, 1.165) is 22.6 Å². The maximum absolute atomic E-state index is 5.49. The summed E-state index contributed by atoms with van der Waals surface area (Å²) in [6.07, 6.45) is 7.79. The van der Waals surface area contributed by atoms with Gasteiger partial charge in [0.05, 0.1) is 29.5 Å². The summed E-state index contributed by atoms with van der Waals surface area (Å²) in [6, 6.07) is 4.12. The van der Waals surface area contributed by atoms with Crippen LogP contribution in [0.4, 0.5) is 0 Å². The number of hydrogen-bond donors (Lipinski definition) is 0. The monoisotopic (exact) mass is 364 g/mol. The van der Waals surface area contributed by atoms with E-state index in [0.29, 0.717) is 0 Å². The van der Waals surface area contributed by atoms with Gasteiger partial charge in [-0.2, -0.15) is 0 Å². The van der Waals surface area contributed by atoms with Gasteiger partial charge in [-0.05, 0) is 37.1 Å². The van der Waals surface area contributed by atoms with Crippen LogP contribution in [-0.4, -0.2) is 0 Å². The molecule has 2 aromatic rings. The summed E-state index contributed by atoms with van der Waals surface area (Å²) in [5, 5.41) is 0. The largest absolute Gasteiger partial charge is 0.465 e. The minimum absolute atomic E-state index is 0.922. The second kappa shape index (κ2) is 6.00. The smallest absolute Gasteiger partial charge is 0.128 e. The quantitative estimate of drug-likeness (QED) is 0.577. The Morgan fingerprint density at radius 3 is 1.45 bits per heavy atom. The lowest BCUT2D eigenvalue weighted by Gasteiger charge is -2.01. The lowest BCUT2D eigenvalue weighted by atomic mass is 10.3. The summed E-state index contributed by atoms with van der Waals surface area (Å²) in [4.78, 5) is 0. The minimum Gasteiger partial charge on any atom is -0.465 e. The molecule has 112 valence electrons. The third-order valence-corrected chi connectivity index (χ3v) is 8.31. The first-order valence-electron chi connectivity index (χ1n) is 6.65. The van der Waals surface area contributed by atoms with Crippen molar-refractivity contribution >= 4 is 59.2 Å². The van der Waals surface area contributed by atoms with Gasteiger partial charge in [-0.1, -0.05) is 47.0 Å². The van der Waals surface area contributed by atoms with E-state index < -0.39 is 0 Å². The fourth-order valence-electron chi connectivity index (χ4n) is 2.02. The Bertz CT molecular complexity index is 735. The molecule has 2 nitrogen and oxygen atoms in total. The van der Waals surface area contributed by atoms with Gasteiger partial charge < -0.3 is 8.83 Å². The fraction of sp³-hybridized carbons (Fsp3) is 0.125. The Hall–Kier alpha value is -0.820. The molecule has 2 aliphatic rings. The van der Waals surface area contributed by atoms with Crippen molar-refractivity contribution in [3.8, 4) is 0 Å². The first-order valence-corrected chi connectivity index (χ1v) is 9.92. The Kier molecular flexibility index (Phi) is 4.02. The lowest BCUT2D eigenvalue weighted by Crippen LogP contribution is -1.69. The molecule has 0 aliphatic carbocycles. The van der Waals surface area contributed by atoms with Crippen LogP contribution < -0.4 is 0 Å². The van der Waals surface area contributed by atoms with Gasteiger partial charge in [0.15, 0.2) is 0 Å². The molecule has 2 aromatic heterocycles. The zero-order chi connectivity index (χ0) is 15.1. The zero-order valence-electron chi connectivity index (χ0n) is 11.9. The van der Waals surface area contributed by atoms with Crippen molar-refractivity contribution < 1.29 is 8.83 Å². The van der Waals surface area contributed by atoms with Gasteiger partial charge in [0, 0.05) is 12.2 Å². The van der Waals surface area contributed by atoms with E-state index in [9.17, 15) is 0 Å². The third kappa shape index (κ3) is 3.11. The SMILES string of the molecule is Cc1coc(C=C2SC3=C(S2)SC(=Cc2cc(C)co2)S3)c1. The van der Waals surface area contributed by atoms with Gasteiger partial charge in [0.1, 0.15) is 11.5 Å². The maximum Gasteiger partial charge on any atom is 0.128 e. The van der Waals surface area contributed by atoms with Crippen LogP contribution >= 0.6 is 47.0 Å². The molecule has 0 bridgehead atoms. The first kappa shape index (κ1) is 14.8. The summed E-state index contributed by atoms with van der Waals surface area (Å²) < 4.78 is 16.2. The molecule has 0 fully saturated rings. The zero-order valence-corrected chi connectivity index (χ0v) is 15.2. The van der Waals surface area contributed by atoms with Gasteiger partial charge in [0.2, 0.25) is 0 Å². The molecule has 0 amide bonds. The molecule has 4 heterocycles. The van der Waals surface area contributed by atoms with E-state index in [-0.39, 0.29) is 0 Å². The number of rotatable bonds is 2. The molecule has 0 unspecified atom stereocenters. The molecule has 22 heavy (non-hydrogen) atoms. The number of hydrogen-bond acceptors (Lipinski definition) is 6. The molecule has 0 radical (unpaired) electrons. The summed E-state index contributed by atoms with van der Waals surface area (Å²) in [6.45, 7) is 4.08. The highest BCUT2D eigenvalue weighted by atomic mass is 32.3. The molecule has 0 saturated heterocycles. The van der Waals surface area contributed by atoms with Gasteiger partial charge in [-0.25, -0.2) is 0 Å². The van der Waals surface area contributed by atoms with Crippen molar-refractivity contribution in [1.29, 1.82) is 0 Å². The van der Waals surface area contributed by atoms with Crippen LogP contribution in [0, 0.1) is 13.8 Å². The predicted molar refractivity (Wildman–Crippen MR) is 100 cm³/mol. The van der Waals surface area contributed by atoms with Crippen molar-refractivity contribution in [2.45, 2.75) is 13.8 Å². The van der Waals surface area contributed by atoms with Gasteiger partial charge in [-0.3, -0.25) is 0 Å². The molecule has 0 saturated carbocycles. The number of thioether (sulfide) groups is 4. The average Bonchev–Trinajstić information content (AvgIpc) is 3.18. The standard InChI is InChI=1S/C16H12O2S4/c1-9-3-11(17-7-9)5-13-19-15-16(20-13)22-14(21-15)6-12-4-10(2)8-18-12/h3-8H,1-2H3. The Morgan fingerprint density at radius 1 is 0.727 bits per heavy atom. The number of aryl methyl sites for hydroxylation is 2. The van der Waals surface area contributed by atoms with Crippen molar-refractivity contribution in [2.24, 2.45) is 0 Å². The van der Waals surface area contributed by atoms with E-state index in [2.05, 4.69) is 24.3 Å². The number of furan rings is 2. The van der Waals surface area contributed by atoms with E-state index in [1.165, 1.54) is 16.9 Å². The van der Waals surface area contributed by atoms with Crippen molar-refractivity contribution in [3.63, 3.8) is 0 Å². The molecule has 0 aromatic carbocycles. The van der Waals surface area contributed by atoms with Crippen molar-refractivity contribution in [2.75, 3.05) is 0 Å². The topological polar surface area (TPSA) is 26.3 Å². The van der Waals surface area contributed by atoms with E-state index >= 15 is 0 Å². The van der Waals surface area contributed by atoms with Crippen LogP contribution in [0.3, 0.4) is 0 Å². The minimum atomic E-state index is 0.922. The fourth-order valence-corrected chi connectivity index (χ4v) is 8.17. The second-order valence-electron chi connectivity index (χ2n) is 4.96. The summed E-state index contributed by atoms with van der Waals surface area (Å²) in [7, 11) is 0. The Labute approximate surface area is 145 Å². The van der Waals surface area contributed by atoms with Crippen LogP contribution in [0.1, 0.15) is 22.6 Å². The van der Waals surface area contributed by atoms with E-state index in [1.807, 2.05) is 60.9 Å². The lowest BCUT2D eigenvalue weighted by molar-refractivity contribution is 0.555. The molecule has 4 rings (SSSR count). The van der Waals surface area contributed by atoms with Gasteiger partial charge in [0.25, 0.3) is 0 Å².